The van der Waals surface area contributed by atoms with Crippen molar-refractivity contribution in [3.63, 3.8) is 0 Å². The zero-order chi connectivity index (χ0) is 29.7. The van der Waals surface area contributed by atoms with E-state index < -0.39 is 27.9 Å². The zero-order valence-electron chi connectivity index (χ0n) is 22.7. The second-order valence-corrected chi connectivity index (χ2v) is 12.6. The fraction of sp³-hybridized carbons (Fsp3) is 0.300. The van der Waals surface area contributed by atoms with Crippen LogP contribution in [-0.4, -0.2) is 54.0 Å². The van der Waals surface area contributed by atoms with Gasteiger partial charge >= 0.3 is 0 Å². The monoisotopic (exact) mass is 615 g/mol. The summed E-state index contributed by atoms with van der Waals surface area (Å²) in [7, 11) is -4.09. The maximum Gasteiger partial charge on any atom is 0.269 e. The van der Waals surface area contributed by atoms with E-state index in [-0.39, 0.29) is 48.3 Å². The van der Waals surface area contributed by atoms with Crippen LogP contribution in [0.4, 0.5) is 0 Å². The number of nitrogens with one attached hydrogen (secondary N) is 1. The number of sulfonamides is 1. The highest BCUT2D eigenvalue weighted by Gasteiger charge is 2.41. The number of nitrogens with zero attached hydrogens (tertiary/aromatic N) is 2. The summed E-state index contributed by atoms with van der Waals surface area (Å²) in [5.74, 6) is -1.51. The van der Waals surface area contributed by atoms with Gasteiger partial charge in [-0.2, -0.15) is 0 Å². The molecular weight excluding hydrogens is 585 g/mol. The SMILES string of the molecule is CC[C@@H](C)NC(=O)[C@@H](Cc1ccccc1)N(Cc1ccc(Cl)c(Cl)c1)C(=O)CCN1C(=O)c2ccccc2S1(=O)=O. The third-order valence-electron chi connectivity index (χ3n) is 7.05. The maximum absolute atomic E-state index is 13.9. The summed E-state index contributed by atoms with van der Waals surface area (Å²) in [6, 6.07) is 19.2. The molecule has 8 nitrogen and oxygen atoms in total. The molecule has 1 aliphatic rings. The van der Waals surface area contributed by atoms with Crippen LogP contribution in [0.5, 0.6) is 0 Å². The average molecular weight is 617 g/mol. The minimum atomic E-state index is -4.09. The minimum absolute atomic E-state index is 0.0159. The Morgan fingerprint density at radius 2 is 1.63 bits per heavy atom. The molecule has 3 amide bonds. The van der Waals surface area contributed by atoms with Gasteiger partial charge in [-0.25, -0.2) is 12.7 Å². The lowest BCUT2D eigenvalue weighted by Crippen LogP contribution is -2.52. The van der Waals surface area contributed by atoms with E-state index >= 15 is 0 Å². The summed E-state index contributed by atoms with van der Waals surface area (Å²) in [6.45, 7) is 3.48. The maximum atomic E-state index is 13.9. The molecule has 1 heterocycles. The standard InChI is InChI=1S/C30H31Cl2N3O5S/c1-3-20(2)33-29(37)26(18-21-9-5-4-6-10-21)34(19-22-13-14-24(31)25(32)17-22)28(36)15-16-35-30(38)23-11-7-8-12-27(23)41(35,39)40/h4-14,17,20,26H,3,15-16,18-19H2,1-2H3,(H,33,37)/t20-,26-/m1/s1. The molecule has 0 aliphatic carbocycles. The van der Waals surface area contributed by atoms with Crippen molar-refractivity contribution in [3.05, 3.63) is 99.5 Å². The molecule has 0 spiro atoms. The van der Waals surface area contributed by atoms with Gasteiger partial charge in [0.05, 0.1) is 15.6 Å². The second kappa shape index (κ2) is 13.1. The molecule has 11 heteroatoms. The van der Waals surface area contributed by atoms with Crippen LogP contribution in [-0.2, 0) is 32.6 Å². The summed E-state index contributed by atoms with van der Waals surface area (Å²) < 4.78 is 26.8. The van der Waals surface area contributed by atoms with Gasteiger partial charge in [0, 0.05) is 32.0 Å². The topological polar surface area (TPSA) is 104 Å². The normalized spacial score (nSPS) is 15.2. The Labute approximate surface area is 250 Å². The Hall–Kier alpha value is -3.40. The number of benzene rings is 3. The Morgan fingerprint density at radius 3 is 2.29 bits per heavy atom. The van der Waals surface area contributed by atoms with Crippen molar-refractivity contribution in [2.75, 3.05) is 6.54 Å². The second-order valence-electron chi connectivity index (χ2n) is 9.92. The number of fused-ring (bicyclic) bond motifs is 1. The Kier molecular flexibility index (Phi) is 9.73. The van der Waals surface area contributed by atoms with Crippen LogP contribution in [0.1, 0.15) is 48.2 Å². The minimum Gasteiger partial charge on any atom is -0.352 e. The Morgan fingerprint density at radius 1 is 0.951 bits per heavy atom. The average Bonchev–Trinajstić information content (AvgIpc) is 3.15. The molecule has 41 heavy (non-hydrogen) atoms. The lowest BCUT2D eigenvalue weighted by atomic mass is 10.0. The van der Waals surface area contributed by atoms with Gasteiger partial charge < -0.3 is 10.2 Å². The van der Waals surface area contributed by atoms with Crippen LogP contribution in [0, 0.1) is 0 Å². The van der Waals surface area contributed by atoms with Crippen molar-refractivity contribution in [2.24, 2.45) is 0 Å². The first-order valence-corrected chi connectivity index (χ1v) is 15.5. The molecule has 2 atom stereocenters. The molecule has 3 aromatic carbocycles. The van der Waals surface area contributed by atoms with Crippen molar-refractivity contribution < 1.29 is 22.8 Å². The molecule has 1 aliphatic heterocycles. The van der Waals surface area contributed by atoms with Gasteiger partial charge in [0.25, 0.3) is 15.9 Å². The summed E-state index contributed by atoms with van der Waals surface area (Å²) in [4.78, 5) is 41.8. The number of hydrogen-bond acceptors (Lipinski definition) is 5. The largest absolute Gasteiger partial charge is 0.352 e. The van der Waals surface area contributed by atoms with Gasteiger partial charge in [-0.1, -0.05) is 78.7 Å². The van der Waals surface area contributed by atoms with Gasteiger partial charge in [0.15, 0.2) is 0 Å². The van der Waals surface area contributed by atoms with E-state index in [2.05, 4.69) is 5.32 Å². The van der Waals surface area contributed by atoms with E-state index in [0.717, 1.165) is 9.87 Å². The van der Waals surface area contributed by atoms with E-state index in [9.17, 15) is 22.8 Å². The number of halogens is 2. The van der Waals surface area contributed by atoms with Crippen LogP contribution in [0.15, 0.2) is 77.7 Å². The fourth-order valence-electron chi connectivity index (χ4n) is 4.62. The summed E-state index contributed by atoms with van der Waals surface area (Å²) in [5, 5.41) is 3.63. The van der Waals surface area contributed by atoms with Crippen LogP contribution < -0.4 is 5.32 Å². The first kappa shape index (κ1) is 30.6. The van der Waals surface area contributed by atoms with Gasteiger partial charge in [-0.05, 0) is 48.7 Å². The van der Waals surface area contributed by atoms with Gasteiger partial charge in [-0.3, -0.25) is 14.4 Å². The Balaban J connectivity index is 1.66. The third-order valence-corrected chi connectivity index (χ3v) is 9.63. The third kappa shape index (κ3) is 6.92. The van der Waals surface area contributed by atoms with E-state index in [0.29, 0.717) is 22.0 Å². The molecule has 0 bridgehead atoms. The number of rotatable bonds is 11. The number of amides is 3. The predicted molar refractivity (Wildman–Crippen MR) is 158 cm³/mol. The molecular formula is C30H31Cl2N3O5S. The molecule has 0 fully saturated rings. The van der Waals surface area contributed by atoms with Gasteiger partial charge in [0.1, 0.15) is 10.9 Å². The van der Waals surface area contributed by atoms with Crippen molar-refractivity contribution in [1.29, 1.82) is 0 Å². The molecule has 216 valence electrons. The van der Waals surface area contributed by atoms with Crippen molar-refractivity contribution >= 4 is 50.9 Å². The molecule has 0 unspecified atom stereocenters. The van der Waals surface area contributed by atoms with Crippen LogP contribution in [0.3, 0.4) is 0 Å². The van der Waals surface area contributed by atoms with Crippen LogP contribution in [0.2, 0.25) is 10.0 Å². The number of carbonyl (C=O) groups excluding carboxylic acids is 3. The highest BCUT2D eigenvalue weighted by atomic mass is 35.5. The molecule has 0 saturated carbocycles. The predicted octanol–water partition coefficient (Wildman–Crippen LogP) is 5.08. The molecule has 4 rings (SSSR count). The molecule has 0 radical (unpaired) electrons. The summed E-state index contributed by atoms with van der Waals surface area (Å²) in [6.07, 6.45) is 0.602. The van der Waals surface area contributed by atoms with E-state index in [1.54, 1.807) is 30.3 Å². The lowest BCUT2D eigenvalue weighted by Gasteiger charge is -2.33. The lowest BCUT2D eigenvalue weighted by molar-refractivity contribution is -0.141. The zero-order valence-corrected chi connectivity index (χ0v) is 25.0. The first-order chi connectivity index (χ1) is 19.5. The number of carbonyl (C=O) groups is 3. The molecule has 3 aromatic rings. The van der Waals surface area contributed by atoms with Crippen LogP contribution >= 0.6 is 23.2 Å². The first-order valence-electron chi connectivity index (χ1n) is 13.3. The van der Waals surface area contributed by atoms with Crippen molar-refractivity contribution in [1.82, 2.24) is 14.5 Å². The highest BCUT2D eigenvalue weighted by Crippen LogP contribution is 2.30. The Bertz CT molecular complexity index is 1550. The van der Waals surface area contributed by atoms with Crippen molar-refractivity contribution in [3.8, 4) is 0 Å². The van der Waals surface area contributed by atoms with E-state index in [1.165, 1.54) is 17.0 Å². The van der Waals surface area contributed by atoms with Crippen LogP contribution in [0.25, 0.3) is 0 Å². The highest BCUT2D eigenvalue weighted by molar-refractivity contribution is 7.90. The summed E-state index contributed by atoms with van der Waals surface area (Å²) >= 11 is 12.4. The summed E-state index contributed by atoms with van der Waals surface area (Å²) in [5.41, 5.74) is 1.55. The molecule has 0 saturated heterocycles. The smallest absolute Gasteiger partial charge is 0.269 e. The van der Waals surface area contributed by atoms with E-state index in [1.807, 2.05) is 44.2 Å². The number of hydrogen-bond donors (Lipinski definition) is 1. The fourth-order valence-corrected chi connectivity index (χ4v) is 6.51. The van der Waals surface area contributed by atoms with Gasteiger partial charge in [-0.15, -0.1) is 0 Å². The quantitative estimate of drug-likeness (QED) is 0.324. The van der Waals surface area contributed by atoms with E-state index in [4.69, 9.17) is 23.2 Å². The van der Waals surface area contributed by atoms with Crippen molar-refractivity contribution in [2.45, 2.75) is 56.6 Å². The van der Waals surface area contributed by atoms with Gasteiger partial charge in [0.2, 0.25) is 11.8 Å². The molecule has 0 aromatic heterocycles. The molecule has 1 N–H and O–H groups in total.